The first-order valence-electron chi connectivity index (χ1n) is 9.65. The summed E-state index contributed by atoms with van der Waals surface area (Å²) in [5.74, 6) is 0.892. The second kappa shape index (κ2) is 6.54. The molecule has 1 saturated carbocycles. The molecule has 1 N–H and O–H groups in total. The number of β-amino-alcohol motifs (C(OH)–C–C–N with tert-alkyl or cyclic N) is 1. The molecule has 1 saturated heterocycles. The molecule has 6 nitrogen and oxygen atoms in total. The van der Waals surface area contributed by atoms with E-state index in [0.29, 0.717) is 0 Å². The van der Waals surface area contributed by atoms with Crippen molar-refractivity contribution in [3.8, 4) is 16.9 Å². The first kappa shape index (κ1) is 18.1. The highest BCUT2D eigenvalue weighted by Crippen LogP contribution is 2.42. The zero-order valence-corrected chi connectivity index (χ0v) is 17.4. The molecule has 7 heteroatoms. The lowest BCUT2D eigenvalue weighted by atomic mass is 10.1. The number of aliphatic hydroxyl groups is 1. The zero-order valence-electron chi connectivity index (χ0n) is 15.8. The van der Waals surface area contributed by atoms with Crippen molar-refractivity contribution in [2.75, 3.05) is 19.6 Å². The number of likely N-dealkylation sites (tertiary alicyclic amines) is 1. The van der Waals surface area contributed by atoms with Crippen LogP contribution in [0, 0.1) is 0 Å². The van der Waals surface area contributed by atoms with Gasteiger partial charge in [0.2, 0.25) is 0 Å². The molecule has 3 aromatic rings. The van der Waals surface area contributed by atoms with E-state index in [2.05, 4.69) is 43.0 Å². The van der Waals surface area contributed by atoms with E-state index in [0.717, 1.165) is 65.9 Å². The van der Waals surface area contributed by atoms with Crippen LogP contribution in [-0.2, 0) is 0 Å². The van der Waals surface area contributed by atoms with E-state index in [4.69, 9.17) is 4.74 Å². The van der Waals surface area contributed by atoms with Gasteiger partial charge in [0.15, 0.2) is 5.65 Å². The van der Waals surface area contributed by atoms with Gasteiger partial charge in [-0.1, -0.05) is 12.1 Å². The summed E-state index contributed by atoms with van der Waals surface area (Å²) in [6.45, 7) is 4.48. The summed E-state index contributed by atoms with van der Waals surface area (Å²) in [6.07, 6.45) is 8.56. The van der Waals surface area contributed by atoms with E-state index in [1.54, 1.807) is 10.7 Å². The number of rotatable bonds is 5. The average Bonchev–Trinajstić information content (AvgIpc) is 3.19. The fraction of sp³-hybridized carbons (Fsp3) is 0.429. The van der Waals surface area contributed by atoms with Crippen LogP contribution in [-0.4, -0.2) is 55.4 Å². The Morgan fingerprint density at radius 1 is 1.14 bits per heavy atom. The highest BCUT2D eigenvalue weighted by molar-refractivity contribution is 9.10. The Labute approximate surface area is 172 Å². The smallest absolute Gasteiger partial charge is 0.169 e. The van der Waals surface area contributed by atoms with Crippen LogP contribution in [0.5, 0.6) is 5.75 Å². The maximum absolute atomic E-state index is 10.2. The topological polar surface area (TPSA) is 62.9 Å². The van der Waals surface area contributed by atoms with Gasteiger partial charge in [0, 0.05) is 37.6 Å². The lowest BCUT2D eigenvalue weighted by Crippen LogP contribution is -2.38. The SMILES string of the molecule is CC1(O)CCN(CC2(Oc3ccc(-c4cnc5c(Br)cnn5c4)cc3)CC2)C1. The molecule has 146 valence electrons. The van der Waals surface area contributed by atoms with Crippen molar-refractivity contribution in [1.82, 2.24) is 19.5 Å². The molecule has 2 fully saturated rings. The summed E-state index contributed by atoms with van der Waals surface area (Å²) in [4.78, 5) is 6.80. The number of benzene rings is 1. The molecule has 0 radical (unpaired) electrons. The van der Waals surface area contributed by atoms with Gasteiger partial charge in [-0.2, -0.15) is 5.10 Å². The van der Waals surface area contributed by atoms with E-state index in [9.17, 15) is 5.11 Å². The van der Waals surface area contributed by atoms with Crippen LogP contribution < -0.4 is 4.74 Å². The molecule has 1 aliphatic heterocycles. The highest BCUT2D eigenvalue weighted by Gasteiger charge is 2.48. The van der Waals surface area contributed by atoms with Crippen molar-refractivity contribution >= 4 is 21.6 Å². The lowest BCUT2D eigenvalue weighted by Gasteiger charge is -2.25. The summed E-state index contributed by atoms with van der Waals surface area (Å²) in [7, 11) is 0. The van der Waals surface area contributed by atoms with Gasteiger partial charge in [-0.05, 0) is 59.8 Å². The molecule has 0 spiro atoms. The number of hydrogen-bond donors (Lipinski definition) is 1. The number of hydrogen-bond acceptors (Lipinski definition) is 5. The second-order valence-electron chi connectivity index (χ2n) is 8.37. The van der Waals surface area contributed by atoms with Crippen LogP contribution in [0.2, 0.25) is 0 Å². The lowest BCUT2D eigenvalue weighted by molar-refractivity contribution is 0.0580. The van der Waals surface area contributed by atoms with Crippen LogP contribution in [0.4, 0.5) is 0 Å². The fourth-order valence-electron chi connectivity index (χ4n) is 3.97. The molecule has 1 aliphatic carbocycles. The van der Waals surface area contributed by atoms with E-state index in [1.807, 2.05) is 31.5 Å². The van der Waals surface area contributed by atoms with Gasteiger partial charge in [-0.3, -0.25) is 4.90 Å². The highest BCUT2D eigenvalue weighted by atomic mass is 79.9. The van der Waals surface area contributed by atoms with Crippen molar-refractivity contribution in [3.05, 3.63) is 47.3 Å². The number of aromatic nitrogens is 3. The minimum atomic E-state index is -0.559. The van der Waals surface area contributed by atoms with Gasteiger partial charge < -0.3 is 9.84 Å². The van der Waals surface area contributed by atoms with Gasteiger partial charge in [0.25, 0.3) is 0 Å². The van der Waals surface area contributed by atoms with Crippen LogP contribution in [0.1, 0.15) is 26.2 Å². The maximum atomic E-state index is 10.2. The Balaban J connectivity index is 1.28. The van der Waals surface area contributed by atoms with Gasteiger partial charge in [0.1, 0.15) is 11.4 Å². The van der Waals surface area contributed by atoms with E-state index in [1.165, 1.54) is 0 Å². The Bertz CT molecular complexity index is 1010. The maximum Gasteiger partial charge on any atom is 0.169 e. The number of halogens is 1. The third kappa shape index (κ3) is 3.54. The summed E-state index contributed by atoms with van der Waals surface area (Å²) in [5, 5.41) is 14.5. The molecular weight excluding hydrogens is 420 g/mol. The van der Waals surface area contributed by atoms with Crippen molar-refractivity contribution in [1.29, 1.82) is 0 Å². The number of nitrogens with zero attached hydrogens (tertiary/aromatic N) is 4. The molecule has 1 aromatic carbocycles. The molecule has 2 aliphatic rings. The second-order valence-corrected chi connectivity index (χ2v) is 9.22. The van der Waals surface area contributed by atoms with Crippen LogP contribution in [0.15, 0.2) is 47.3 Å². The van der Waals surface area contributed by atoms with Crippen molar-refractivity contribution in [3.63, 3.8) is 0 Å². The van der Waals surface area contributed by atoms with Gasteiger partial charge in [-0.15, -0.1) is 0 Å². The Morgan fingerprint density at radius 2 is 1.93 bits per heavy atom. The molecule has 1 unspecified atom stereocenters. The first-order valence-corrected chi connectivity index (χ1v) is 10.4. The minimum absolute atomic E-state index is 0.0935. The Hall–Kier alpha value is -1.96. The molecule has 28 heavy (non-hydrogen) atoms. The number of fused-ring (bicyclic) bond motifs is 1. The van der Waals surface area contributed by atoms with Crippen LogP contribution in [0.3, 0.4) is 0 Å². The van der Waals surface area contributed by atoms with E-state index >= 15 is 0 Å². The van der Waals surface area contributed by atoms with Gasteiger partial charge in [-0.25, -0.2) is 9.50 Å². The monoisotopic (exact) mass is 442 g/mol. The first-order chi connectivity index (χ1) is 13.4. The Morgan fingerprint density at radius 3 is 2.61 bits per heavy atom. The molecule has 3 heterocycles. The predicted molar refractivity (Wildman–Crippen MR) is 110 cm³/mol. The summed E-state index contributed by atoms with van der Waals surface area (Å²) in [6, 6.07) is 8.18. The van der Waals surface area contributed by atoms with Crippen molar-refractivity contribution < 1.29 is 9.84 Å². The largest absolute Gasteiger partial charge is 0.486 e. The molecule has 0 bridgehead atoms. The quantitative estimate of drug-likeness (QED) is 0.654. The third-order valence-corrected chi connectivity index (χ3v) is 6.25. The average molecular weight is 443 g/mol. The van der Waals surface area contributed by atoms with Gasteiger partial charge >= 0.3 is 0 Å². The summed E-state index contributed by atoms with van der Waals surface area (Å²) < 4.78 is 9.00. The molecule has 0 amide bonds. The normalized spacial score (nSPS) is 24.0. The zero-order chi connectivity index (χ0) is 19.4. The standard InChI is InChI=1S/C21H23BrN4O2/c1-20(27)8-9-25(13-20)14-21(6-7-21)28-17-4-2-15(3-5-17)16-10-23-19-18(22)11-24-26(19)12-16/h2-5,10-12,27H,6-9,13-14H2,1H3. The number of ether oxygens (including phenoxy) is 1. The summed E-state index contributed by atoms with van der Waals surface area (Å²) in [5.41, 5.74) is 2.24. The van der Waals surface area contributed by atoms with Crippen LogP contribution >= 0.6 is 15.9 Å². The molecule has 2 aromatic heterocycles. The van der Waals surface area contributed by atoms with E-state index in [-0.39, 0.29) is 5.60 Å². The third-order valence-electron chi connectivity index (χ3n) is 5.69. The molecular formula is C21H23BrN4O2. The Kier molecular flexibility index (Phi) is 4.23. The van der Waals surface area contributed by atoms with Crippen LogP contribution in [0.25, 0.3) is 16.8 Å². The molecule has 1 atom stereocenters. The molecule has 5 rings (SSSR count). The predicted octanol–water partition coefficient (Wildman–Crippen LogP) is 3.53. The minimum Gasteiger partial charge on any atom is -0.486 e. The van der Waals surface area contributed by atoms with Gasteiger partial charge in [0.05, 0.1) is 16.3 Å². The van der Waals surface area contributed by atoms with Crippen molar-refractivity contribution in [2.45, 2.75) is 37.4 Å². The summed E-state index contributed by atoms with van der Waals surface area (Å²) >= 11 is 3.45. The van der Waals surface area contributed by atoms with Crippen molar-refractivity contribution in [2.24, 2.45) is 0 Å². The van der Waals surface area contributed by atoms with E-state index < -0.39 is 5.60 Å². The fourth-order valence-corrected chi connectivity index (χ4v) is 4.35.